The third-order valence-electron chi connectivity index (χ3n) is 5.06. The smallest absolute Gasteiger partial charge is 0.335 e. The zero-order valence-corrected chi connectivity index (χ0v) is 15.9. The summed E-state index contributed by atoms with van der Waals surface area (Å²) in [7, 11) is 0. The number of aliphatic hydroxyl groups is 1. The van der Waals surface area contributed by atoms with Crippen molar-refractivity contribution >= 4 is 17.7 Å². The lowest BCUT2D eigenvalue weighted by Crippen LogP contribution is -2.35. The Hall–Kier alpha value is -3.16. The third-order valence-corrected chi connectivity index (χ3v) is 5.06. The van der Waals surface area contributed by atoms with Gasteiger partial charge < -0.3 is 19.9 Å². The molecule has 1 fully saturated rings. The molecule has 1 saturated heterocycles. The molecule has 0 atom stereocenters. The van der Waals surface area contributed by atoms with E-state index >= 15 is 0 Å². The molecule has 3 aromatic rings. The highest BCUT2D eigenvalue weighted by Gasteiger charge is 2.17. The Labute approximate surface area is 168 Å². The molecule has 1 aliphatic rings. The molecule has 1 aliphatic heterocycles. The Balaban J connectivity index is 1.41. The van der Waals surface area contributed by atoms with Crippen molar-refractivity contribution in [1.82, 2.24) is 9.88 Å². The van der Waals surface area contributed by atoms with Gasteiger partial charge in [-0.15, -0.1) is 0 Å². The minimum Gasteiger partial charge on any atom is -0.478 e. The summed E-state index contributed by atoms with van der Waals surface area (Å²) in [6.07, 6.45) is 3.09. The van der Waals surface area contributed by atoms with Gasteiger partial charge >= 0.3 is 5.97 Å². The lowest BCUT2D eigenvalue weighted by molar-refractivity contribution is 0.0696. The molecule has 2 aromatic carbocycles. The number of carbonyl (C=O) groups is 1. The summed E-state index contributed by atoms with van der Waals surface area (Å²) >= 11 is 0. The zero-order chi connectivity index (χ0) is 20.2. The first-order valence-electron chi connectivity index (χ1n) is 9.63. The highest BCUT2D eigenvalue weighted by Crippen LogP contribution is 2.25. The molecule has 7 heteroatoms. The number of aliphatic hydroxyl groups excluding tert-OH is 1. The summed E-state index contributed by atoms with van der Waals surface area (Å²) in [5.41, 5.74) is 3.06. The second-order valence-corrected chi connectivity index (χ2v) is 7.24. The molecule has 29 heavy (non-hydrogen) atoms. The van der Waals surface area contributed by atoms with E-state index in [1.807, 2.05) is 12.1 Å². The molecule has 4 rings (SSSR count). The van der Waals surface area contributed by atoms with Crippen molar-refractivity contribution in [2.24, 2.45) is 0 Å². The van der Waals surface area contributed by atoms with Crippen molar-refractivity contribution in [3.63, 3.8) is 0 Å². The molecule has 3 N–H and O–H groups in total. The number of nitrogens with zero attached hydrogens (tertiary/aromatic N) is 2. The minimum atomic E-state index is -0.961. The largest absolute Gasteiger partial charge is 0.478 e. The van der Waals surface area contributed by atoms with Crippen LogP contribution in [0.4, 0.5) is 11.7 Å². The molecule has 0 bridgehead atoms. The number of aromatic carboxylic acids is 1. The Bertz CT molecular complexity index is 976. The van der Waals surface area contributed by atoms with E-state index in [4.69, 9.17) is 9.52 Å². The molecule has 0 aliphatic carbocycles. The Morgan fingerprint density at radius 2 is 1.93 bits per heavy atom. The van der Waals surface area contributed by atoms with Crippen molar-refractivity contribution in [2.75, 3.05) is 18.4 Å². The maximum Gasteiger partial charge on any atom is 0.335 e. The van der Waals surface area contributed by atoms with Gasteiger partial charge in [0.15, 0.2) is 5.76 Å². The van der Waals surface area contributed by atoms with Gasteiger partial charge in [0.2, 0.25) is 0 Å². The number of oxazole rings is 1. The van der Waals surface area contributed by atoms with Crippen LogP contribution in [0, 0.1) is 0 Å². The lowest BCUT2D eigenvalue weighted by Gasteiger charge is -2.29. The van der Waals surface area contributed by atoms with Crippen molar-refractivity contribution in [2.45, 2.75) is 25.5 Å². The fraction of sp³-hybridized carbons (Fsp3) is 0.273. The van der Waals surface area contributed by atoms with Crippen LogP contribution in [0.25, 0.3) is 11.3 Å². The quantitative estimate of drug-likeness (QED) is 0.587. The van der Waals surface area contributed by atoms with Crippen molar-refractivity contribution < 1.29 is 19.4 Å². The first-order chi connectivity index (χ1) is 14.1. The van der Waals surface area contributed by atoms with Gasteiger partial charge in [-0.2, -0.15) is 0 Å². The van der Waals surface area contributed by atoms with Gasteiger partial charge in [0, 0.05) is 30.9 Å². The number of likely N-dealkylation sites (tertiary alicyclic amines) is 1. The van der Waals surface area contributed by atoms with Gasteiger partial charge in [0.1, 0.15) is 0 Å². The van der Waals surface area contributed by atoms with Crippen molar-refractivity contribution in [3.8, 4) is 11.3 Å². The van der Waals surface area contributed by atoms with Gasteiger partial charge in [0.25, 0.3) is 6.01 Å². The van der Waals surface area contributed by atoms with Crippen LogP contribution in [0.2, 0.25) is 0 Å². The molecule has 0 amide bonds. The number of anilines is 2. The number of aromatic nitrogens is 1. The molecule has 0 spiro atoms. The minimum absolute atomic E-state index is 0.168. The topological polar surface area (TPSA) is 98.8 Å². The summed E-state index contributed by atoms with van der Waals surface area (Å²) < 4.78 is 5.77. The number of hydrogen-bond acceptors (Lipinski definition) is 6. The van der Waals surface area contributed by atoms with Crippen LogP contribution in [-0.2, 0) is 6.54 Å². The first-order valence-corrected chi connectivity index (χ1v) is 9.63. The number of piperidine rings is 1. The maximum absolute atomic E-state index is 11.0. The van der Waals surface area contributed by atoms with Crippen LogP contribution in [0.1, 0.15) is 28.8 Å². The molecule has 0 radical (unpaired) electrons. The van der Waals surface area contributed by atoms with E-state index in [9.17, 15) is 9.90 Å². The number of nitrogens with one attached hydrogen (secondary N) is 1. The van der Waals surface area contributed by atoms with Gasteiger partial charge in [-0.1, -0.05) is 24.3 Å². The Morgan fingerprint density at radius 3 is 2.66 bits per heavy atom. The lowest BCUT2D eigenvalue weighted by atomic mass is 10.1. The van der Waals surface area contributed by atoms with Crippen molar-refractivity contribution in [3.05, 3.63) is 65.9 Å². The second-order valence-electron chi connectivity index (χ2n) is 7.24. The molecule has 7 nitrogen and oxygen atoms in total. The number of hydrogen-bond donors (Lipinski definition) is 3. The number of carboxylic acid groups (broad SMARTS) is 1. The summed E-state index contributed by atoms with van der Waals surface area (Å²) in [6.45, 7) is 2.65. The van der Waals surface area contributed by atoms with Crippen LogP contribution in [-0.4, -0.2) is 45.3 Å². The monoisotopic (exact) mass is 393 g/mol. The van der Waals surface area contributed by atoms with E-state index < -0.39 is 5.97 Å². The van der Waals surface area contributed by atoms with Gasteiger partial charge in [-0.05, 0) is 42.7 Å². The van der Waals surface area contributed by atoms with Crippen LogP contribution < -0.4 is 5.32 Å². The average Bonchev–Trinajstić information content (AvgIpc) is 3.18. The maximum atomic E-state index is 11.0. The SMILES string of the molecule is O=C(O)c1ccc(-c2cnc(Nc3cccc(CN4CCC(O)CC4)c3)o2)cc1. The molecular formula is C22H23N3O4. The molecular weight excluding hydrogens is 370 g/mol. The molecule has 0 saturated carbocycles. The highest BCUT2D eigenvalue weighted by molar-refractivity contribution is 5.88. The summed E-state index contributed by atoms with van der Waals surface area (Å²) in [6, 6.07) is 14.9. The fourth-order valence-electron chi connectivity index (χ4n) is 3.45. The predicted octanol–water partition coefficient (Wildman–Crippen LogP) is 3.74. The van der Waals surface area contributed by atoms with Crippen molar-refractivity contribution in [1.29, 1.82) is 0 Å². The fourth-order valence-corrected chi connectivity index (χ4v) is 3.45. The third kappa shape index (κ3) is 4.82. The normalized spacial score (nSPS) is 15.3. The predicted molar refractivity (Wildman–Crippen MR) is 109 cm³/mol. The summed E-state index contributed by atoms with van der Waals surface area (Å²) in [5.74, 6) is -0.399. The van der Waals surface area contributed by atoms with Crippen LogP contribution in [0.5, 0.6) is 0 Å². The number of rotatable bonds is 6. The standard InChI is InChI=1S/C22H23N3O4/c26-19-8-10-25(11-9-19)14-15-2-1-3-18(12-15)24-22-23-13-20(29-22)16-4-6-17(7-5-16)21(27)28/h1-7,12-13,19,26H,8-11,14H2,(H,23,24)(H,27,28). The van der Waals surface area contributed by atoms with Crippen LogP contribution in [0.3, 0.4) is 0 Å². The van der Waals surface area contributed by atoms with E-state index in [-0.39, 0.29) is 11.7 Å². The average molecular weight is 393 g/mol. The first kappa shape index (κ1) is 19.2. The molecule has 1 aromatic heterocycles. The van der Waals surface area contributed by atoms with Crippen LogP contribution in [0.15, 0.2) is 59.1 Å². The van der Waals surface area contributed by atoms with E-state index in [2.05, 4.69) is 27.3 Å². The highest BCUT2D eigenvalue weighted by atomic mass is 16.4. The van der Waals surface area contributed by atoms with Gasteiger partial charge in [-0.3, -0.25) is 4.90 Å². The molecule has 2 heterocycles. The summed E-state index contributed by atoms with van der Waals surface area (Å²) in [4.78, 5) is 17.6. The van der Waals surface area contributed by atoms with E-state index in [1.165, 1.54) is 17.7 Å². The zero-order valence-electron chi connectivity index (χ0n) is 15.9. The second kappa shape index (κ2) is 8.46. The van der Waals surface area contributed by atoms with Gasteiger partial charge in [-0.25, -0.2) is 9.78 Å². The summed E-state index contributed by atoms with van der Waals surface area (Å²) in [5, 5.41) is 21.8. The van der Waals surface area contributed by atoms with E-state index in [0.717, 1.165) is 43.7 Å². The Kier molecular flexibility index (Phi) is 5.59. The van der Waals surface area contributed by atoms with E-state index in [1.54, 1.807) is 18.3 Å². The Morgan fingerprint density at radius 1 is 1.17 bits per heavy atom. The number of carboxylic acids is 1. The van der Waals surface area contributed by atoms with Gasteiger partial charge in [0.05, 0.1) is 17.9 Å². The van der Waals surface area contributed by atoms with E-state index in [0.29, 0.717) is 11.8 Å². The molecule has 0 unspecified atom stereocenters. The van der Waals surface area contributed by atoms with Crippen LogP contribution >= 0.6 is 0 Å². The molecule has 150 valence electrons. The number of benzene rings is 2.